The van der Waals surface area contributed by atoms with Crippen molar-refractivity contribution < 1.29 is 8.42 Å². The van der Waals surface area contributed by atoms with Crippen LogP contribution in [0.1, 0.15) is 32.6 Å². The summed E-state index contributed by atoms with van der Waals surface area (Å²) in [5.41, 5.74) is 0.378. The lowest BCUT2D eigenvalue weighted by molar-refractivity contribution is 0.460. The fourth-order valence-electron chi connectivity index (χ4n) is 4.18. The van der Waals surface area contributed by atoms with E-state index in [9.17, 15) is 8.42 Å². The SMILES string of the molecule is C[C@@H]1CC=CC2(N(c3ccccc3)S(=O)(=O)C3=CCCC=C3)CC12. The third-order valence-corrected chi connectivity index (χ3v) is 7.43. The summed E-state index contributed by atoms with van der Waals surface area (Å²) in [6, 6.07) is 9.55. The van der Waals surface area contributed by atoms with E-state index in [-0.39, 0.29) is 5.54 Å². The van der Waals surface area contributed by atoms with Crippen LogP contribution in [0.5, 0.6) is 0 Å². The van der Waals surface area contributed by atoms with Crippen LogP contribution in [0.4, 0.5) is 5.69 Å². The molecule has 0 aromatic heterocycles. The molecule has 0 aliphatic heterocycles. The number of hydrogen-bond donors (Lipinski definition) is 0. The van der Waals surface area contributed by atoms with Gasteiger partial charge in [0.15, 0.2) is 0 Å². The summed E-state index contributed by atoms with van der Waals surface area (Å²) in [5.74, 6) is 0.929. The van der Waals surface area contributed by atoms with Gasteiger partial charge in [0.1, 0.15) is 0 Å². The van der Waals surface area contributed by atoms with Crippen LogP contribution in [0.3, 0.4) is 0 Å². The molecule has 0 spiro atoms. The van der Waals surface area contributed by atoms with Crippen molar-refractivity contribution >= 4 is 15.7 Å². The molecule has 3 aliphatic carbocycles. The highest BCUT2D eigenvalue weighted by atomic mass is 32.2. The molecule has 0 radical (unpaired) electrons. The van der Waals surface area contributed by atoms with Gasteiger partial charge in [0.05, 0.1) is 16.1 Å². The van der Waals surface area contributed by atoms with Crippen LogP contribution in [-0.4, -0.2) is 14.0 Å². The molecule has 3 aliphatic rings. The number of sulfonamides is 1. The maximum absolute atomic E-state index is 13.5. The van der Waals surface area contributed by atoms with Crippen molar-refractivity contribution in [1.82, 2.24) is 0 Å². The minimum atomic E-state index is -3.56. The Hall–Kier alpha value is -1.81. The zero-order valence-corrected chi connectivity index (χ0v) is 14.7. The first-order valence-corrected chi connectivity index (χ1v) is 10.1. The van der Waals surface area contributed by atoms with E-state index in [1.165, 1.54) is 0 Å². The molecule has 0 amide bonds. The Bertz CT molecular complexity index is 822. The second-order valence-electron chi connectivity index (χ2n) is 7.11. The summed E-state index contributed by atoms with van der Waals surface area (Å²) < 4.78 is 28.7. The lowest BCUT2D eigenvalue weighted by Gasteiger charge is -2.35. The van der Waals surface area contributed by atoms with Gasteiger partial charge in [-0.1, -0.05) is 49.4 Å². The summed E-state index contributed by atoms with van der Waals surface area (Å²) >= 11 is 0. The van der Waals surface area contributed by atoms with Gasteiger partial charge in [-0.25, -0.2) is 8.42 Å². The topological polar surface area (TPSA) is 37.4 Å². The highest BCUT2D eigenvalue weighted by molar-refractivity contribution is 7.96. The summed E-state index contributed by atoms with van der Waals surface area (Å²) in [5, 5.41) is 0. The second kappa shape index (κ2) is 5.62. The van der Waals surface area contributed by atoms with Crippen molar-refractivity contribution in [2.75, 3.05) is 4.31 Å². The molecule has 0 N–H and O–H groups in total. The minimum Gasteiger partial charge on any atom is -0.256 e. The molecule has 1 fully saturated rings. The van der Waals surface area contributed by atoms with E-state index < -0.39 is 10.0 Å². The second-order valence-corrected chi connectivity index (χ2v) is 8.90. The lowest BCUT2D eigenvalue weighted by atomic mass is 9.92. The maximum Gasteiger partial charge on any atom is 0.264 e. The number of hydrogen-bond acceptors (Lipinski definition) is 2. The van der Waals surface area contributed by atoms with Gasteiger partial charge < -0.3 is 0 Å². The van der Waals surface area contributed by atoms with Gasteiger partial charge in [0.25, 0.3) is 10.0 Å². The van der Waals surface area contributed by atoms with Gasteiger partial charge in [-0.15, -0.1) is 0 Å². The standard InChI is InChI=1S/C20H23NO2S/c1-16-9-8-14-20(15-19(16)20)21(17-10-4-2-5-11-17)24(22,23)18-12-6-3-7-13-18/h2,4-6,8,10-14,16,19H,3,7,9,15H2,1H3/t16-,19?,20?/m1/s1. The monoisotopic (exact) mass is 341 g/mol. The van der Waals surface area contributed by atoms with Gasteiger partial charge in [-0.05, 0) is 55.7 Å². The number of benzene rings is 1. The highest BCUT2D eigenvalue weighted by Gasteiger charge is 2.62. The third-order valence-electron chi connectivity index (χ3n) is 5.50. The Kier molecular flexibility index (Phi) is 3.68. The van der Waals surface area contributed by atoms with Crippen molar-refractivity contribution in [1.29, 1.82) is 0 Å². The van der Waals surface area contributed by atoms with E-state index in [1.807, 2.05) is 42.5 Å². The van der Waals surface area contributed by atoms with E-state index in [2.05, 4.69) is 19.1 Å². The van der Waals surface area contributed by atoms with Gasteiger partial charge in [0.2, 0.25) is 0 Å². The Morgan fingerprint density at radius 3 is 2.62 bits per heavy atom. The quantitative estimate of drug-likeness (QED) is 0.761. The average molecular weight is 341 g/mol. The van der Waals surface area contributed by atoms with Crippen LogP contribution in [0.25, 0.3) is 0 Å². The number of rotatable bonds is 4. The fourth-order valence-corrected chi connectivity index (χ4v) is 6.11. The zero-order valence-electron chi connectivity index (χ0n) is 13.9. The zero-order chi connectivity index (χ0) is 16.8. The van der Waals surface area contributed by atoms with E-state index in [0.717, 1.165) is 31.4 Å². The molecule has 4 rings (SSSR count). The lowest BCUT2D eigenvalue weighted by Crippen LogP contribution is -2.44. The predicted octanol–water partition coefficient (Wildman–Crippen LogP) is 4.41. The van der Waals surface area contributed by atoms with E-state index in [0.29, 0.717) is 16.7 Å². The van der Waals surface area contributed by atoms with Gasteiger partial charge in [0, 0.05) is 0 Å². The molecule has 1 aromatic carbocycles. The summed E-state index contributed by atoms with van der Waals surface area (Å²) in [7, 11) is -3.56. The molecular formula is C20H23NO2S. The van der Waals surface area contributed by atoms with Gasteiger partial charge in [-0.3, -0.25) is 4.31 Å². The van der Waals surface area contributed by atoms with Crippen LogP contribution in [-0.2, 0) is 10.0 Å². The summed E-state index contributed by atoms with van der Waals surface area (Å²) in [6.45, 7) is 2.23. The molecule has 3 atom stereocenters. The molecule has 1 saturated carbocycles. The molecule has 3 nitrogen and oxygen atoms in total. The van der Waals surface area contributed by atoms with Crippen molar-refractivity contribution in [2.45, 2.75) is 38.1 Å². The van der Waals surface area contributed by atoms with Crippen LogP contribution in [0.15, 0.2) is 65.6 Å². The number of fused-ring (bicyclic) bond motifs is 1. The van der Waals surface area contributed by atoms with E-state index >= 15 is 0 Å². The molecule has 0 heterocycles. The van der Waals surface area contributed by atoms with Crippen LogP contribution in [0, 0.1) is 11.8 Å². The largest absolute Gasteiger partial charge is 0.264 e. The van der Waals surface area contributed by atoms with Crippen molar-refractivity contribution in [3.8, 4) is 0 Å². The molecule has 1 aromatic rings. The third kappa shape index (κ3) is 2.35. The van der Waals surface area contributed by atoms with Gasteiger partial charge in [-0.2, -0.15) is 0 Å². The first-order chi connectivity index (χ1) is 11.6. The average Bonchev–Trinajstić information content (AvgIpc) is 3.33. The number of anilines is 1. The predicted molar refractivity (Wildman–Crippen MR) is 98.1 cm³/mol. The van der Waals surface area contributed by atoms with Crippen LogP contribution in [0.2, 0.25) is 0 Å². The first-order valence-electron chi connectivity index (χ1n) is 8.70. The fraction of sp³-hybridized carbons (Fsp3) is 0.400. The molecule has 126 valence electrons. The molecule has 2 unspecified atom stereocenters. The van der Waals surface area contributed by atoms with Crippen LogP contribution < -0.4 is 4.31 Å². The smallest absolute Gasteiger partial charge is 0.256 e. The molecule has 0 bridgehead atoms. The van der Waals surface area contributed by atoms with E-state index in [4.69, 9.17) is 0 Å². The number of para-hydroxylation sites is 1. The summed E-state index contributed by atoms with van der Waals surface area (Å²) in [6.07, 6.45) is 13.5. The maximum atomic E-state index is 13.5. The first kappa shape index (κ1) is 15.7. The van der Waals surface area contributed by atoms with Gasteiger partial charge >= 0.3 is 0 Å². The van der Waals surface area contributed by atoms with Crippen molar-refractivity contribution in [3.05, 3.63) is 65.6 Å². The molecule has 24 heavy (non-hydrogen) atoms. The Morgan fingerprint density at radius 1 is 1.12 bits per heavy atom. The van der Waals surface area contributed by atoms with Crippen molar-refractivity contribution in [3.63, 3.8) is 0 Å². The Morgan fingerprint density at radius 2 is 1.92 bits per heavy atom. The summed E-state index contributed by atoms with van der Waals surface area (Å²) in [4.78, 5) is 0.434. The number of nitrogens with zero attached hydrogens (tertiary/aromatic N) is 1. The van der Waals surface area contributed by atoms with Crippen LogP contribution >= 0.6 is 0 Å². The Balaban J connectivity index is 1.84. The minimum absolute atomic E-state index is 0.385. The van der Waals surface area contributed by atoms with Crippen molar-refractivity contribution in [2.24, 2.45) is 11.8 Å². The van der Waals surface area contributed by atoms with E-state index in [1.54, 1.807) is 10.4 Å². The molecular weight excluding hydrogens is 318 g/mol. The normalized spacial score (nSPS) is 31.3. The highest BCUT2D eigenvalue weighted by Crippen LogP contribution is 2.59. The number of allylic oxidation sites excluding steroid dienone is 4. The molecule has 0 saturated heterocycles. The Labute approximate surface area is 144 Å². The molecule has 4 heteroatoms.